The summed E-state index contributed by atoms with van der Waals surface area (Å²) in [6, 6.07) is 16.1. The lowest BCUT2D eigenvalue weighted by molar-refractivity contribution is -0.139. The maximum atomic E-state index is 14.2. The topological polar surface area (TPSA) is 88.4 Å². The van der Waals surface area contributed by atoms with E-state index in [1.807, 2.05) is 31.2 Å². The zero-order valence-corrected chi connectivity index (χ0v) is 27.0. The first kappa shape index (κ1) is 31.2. The monoisotopic (exact) mass is 680 g/mol. The van der Waals surface area contributed by atoms with E-state index in [0.717, 1.165) is 5.56 Å². The molecule has 1 atom stereocenters. The number of halogens is 2. The van der Waals surface area contributed by atoms with E-state index >= 15 is 0 Å². The van der Waals surface area contributed by atoms with Crippen LogP contribution < -0.4 is 29.1 Å². The molecule has 0 saturated carbocycles. The van der Waals surface area contributed by atoms with Gasteiger partial charge in [0.05, 0.1) is 42.2 Å². The van der Waals surface area contributed by atoms with Crippen molar-refractivity contribution in [2.45, 2.75) is 33.4 Å². The van der Waals surface area contributed by atoms with Crippen LogP contribution in [0.2, 0.25) is 0 Å². The summed E-state index contributed by atoms with van der Waals surface area (Å²) in [6.45, 7) is 6.14. The van der Waals surface area contributed by atoms with Crippen LogP contribution >= 0.6 is 27.3 Å². The van der Waals surface area contributed by atoms with Crippen LogP contribution in [0.3, 0.4) is 0 Å². The second kappa shape index (κ2) is 13.6. The van der Waals surface area contributed by atoms with Crippen LogP contribution in [0.15, 0.2) is 86.2 Å². The fraction of sp³-hybridized carbons (Fsp3) is 0.242. The second-order valence-electron chi connectivity index (χ2n) is 9.71. The molecule has 0 aliphatic carbocycles. The number of carbonyl (C=O) groups excluding carboxylic acids is 1. The Bertz CT molecular complexity index is 1920. The zero-order chi connectivity index (χ0) is 31.4. The summed E-state index contributed by atoms with van der Waals surface area (Å²) < 4.78 is 38.7. The molecule has 0 radical (unpaired) electrons. The number of allylic oxidation sites excluding steroid dienone is 1. The number of rotatable bonds is 10. The lowest BCUT2D eigenvalue weighted by atomic mass is 9.95. The van der Waals surface area contributed by atoms with Gasteiger partial charge < -0.3 is 18.9 Å². The van der Waals surface area contributed by atoms with Gasteiger partial charge in [0.2, 0.25) is 0 Å². The Kier molecular flexibility index (Phi) is 9.65. The van der Waals surface area contributed by atoms with Crippen LogP contribution in [0.1, 0.15) is 43.5 Å². The lowest BCUT2D eigenvalue weighted by Crippen LogP contribution is -2.40. The number of hydrogen-bond donors (Lipinski definition) is 0. The third-order valence-corrected chi connectivity index (χ3v) is 8.58. The van der Waals surface area contributed by atoms with Crippen molar-refractivity contribution in [1.29, 1.82) is 0 Å². The van der Waals surface area contributed by atoms with Crippen molar-refractivity contribution >= 4 is 39.3 Å². The van der Waals surface area contributed by atoms with Crippen molar-refractivity contribution in [2.75, 3.05) is 20.3 Å². The Morgan fingerprint density at radius 1 is 1.05 bits per heavy atom. The molecule has 0 spiro atoms. The van der Waals surface area contributed by atoms with Crippen LogP contribution in [-0.4, -0.2) is 30.9 Å². The summed E-state index contributed by atoms with van der Waals surface area (Å²) in [4.78, 5) is 32.6. The summed E-state index contributed by atoms with van der Waals surface area (Å²) in [5.41, 5.74) is 2.46. The van der Waals surface area contributed by atoms with E-state index in [1.165, 1.54) is 35.1 Å². The number of aromatic nitrogens is 1. The molecule has 0 N–H and O–H groups in total. The number of benzene rings is 3. The normalized spacial score (nSPS) is 14.6. The van der Waals surface area contributed by atoms with Gasteiger partial charge in [-0.1, -0.05) is 57.6 Å². The van der Waals surface area contributed by atoms with Gasteiger partial charge in [-0.15, -0.1) is 0 Å². The molecule has 0 amide bonds. The largest absolute Gasteiger partial charge is 0.493 e. The minimum Gasteiger partial charge on any atom is -0.493 e. The first-order valence-electron chi connectivity index (χ1n) is 13.9. The van der Waals surface area contributed by atoms with Gasteiger partial charge in [0, 0.05) is 10.0 Å². The van der Waals surface area contributed by atoms with Crippen molar-refractivity contribution in [3.63, 3.8) is 0 Å². The van der Waals surface area contributed by atoms with Gasteiger partial charge in [-0.25, -0.2) is 14.2 Å². The molecule has 44 heavy (non-hydrogen) atoms. The molecule has 0 bridgehead atoms. The summed E-state index contributed by atoms with van der Waals surface area (Å²) in [7, 11) is 1.53. The average Bonchev–Trinajstić information content (AvgIpc) is 3.31. The third-order valence-electron chi connectivity index (χ3n) is 6.91. The predicted molar refractivity (Wildman–Crippen MR) is 169 cm³/mol. The SMILES string of the molecule is CCOC(=O)C1=C(C)N=c2s/c(=C/c3ccccc3OCc3ccc(F)cc3)c(=O)n2[C@H]1c1cc(OC)c(OCC)cc1Br. The molecular formula is C33H30BrFN2O6S. The molecule has 1 aromatic heterocycles. The summed E-state index contributed by atoms with van der Waals surface area (Å²) in [6.07, 6.45) is 1.75. The smallest absolute Gasteiger partial charge is 0.338 e. The summed E-state index contributed by atoms with van der Waals surface area (Å²) in [5.74, 6) is 0.653. The number of fused-ring (bicyclic) bond motifs is 1. The van der Waals surface area contributed by atoms with Gasteiger partial charge in [-0.05, 0) is 68.3 Å². The van der Waals surface area contributed by atoms with Crippen LogP contribution in [0.25, 0.3) is 6.08 Å². The molecule has 1 aliphatic heterocycles. The van der Waals surface area contributed by atoms with E-state index in [2.05, 4.69) is 20.9 Å². The molecule has 1 aliphatic rings. The number of thiazole rings is 1. The fourth-order valence-corrected chi connectivity index (χ4v) is 6.46. The van der Waals surface area contributed by atoms with Crippen molar-refractivity contribution in [3.05, 3.63) is 119 Å². The highest BCUT2D eigenvalue weighted by Gasteiger charge is 2.35. The molecule has 3 aromatic carbocycles. The molecular weight excluding hydrogens is 651 g/mol. The predicted octanol–water partition coefficient (Wildman–Crippen LogP) is 5.69. The molecule has 0 saturated heterocycles. The fourth-order valence-electron chi connectivity index (χ4n) is 4.89. The van der Waals surface area contributed by atoms with E-state index in [9.17, 15) is 14.0 Å². The summed E-state index contributed by atoms with van der Waals surface area (Å²) >= 11 is 4.85. The number of para-hydroxylation sites is 1. The van der Waals surface area contributed by atoms with E-state index in [1.54, 1.807) is 44.2 Å². The Balaban J connectivity index is 1.64. The number of hydrogen-bond acceptors (Lipinski definition) is 8. The molecule has 2 heterocycles. The third kappa shape index (κ3) is 6.34. The van der Waals surface area contributed by atoms with Crippen molar-refractivity contribution < 1.29 is 28.1 Å². The Hall–Kier alpha value is -4.22. The number of nitrogens with zero attached hydrogens (tertiary/aromatic N) is 2. The minimum absolute atomic E-state index is 0.162. The minimum atomic E-state index is -0.851. The van der Waals surface area contributed by atoms with Crippen LogP contribution in [0.4, 0.5) is 4.39 Å². The first-order chi connectivity index (χ1) is 21.2. The number of esters is 1. The van der Waals surface area contributed by atoms with Crippen molar-refractivity contribution in [1.82, 2.24) is 4.57 Å². The maximum Gasteiger partial charge on any atom is 0.338 e. The summed E-state index contributed by atoms with van der Waals surface area (Å²) in [5, 5.41) is 0. The average molecular weight is 682 g/mol. The van der Waals surface area contributed by atoms with Crippen molar-refractivity contribution in [3.8, 4) is 17.2 Å². The quantitative estimate of drug-likeness (QED) is 0.200. The Labute approximate surface area is 265 Å². The molecule has 0 fully saturated rings. The van der Waals surface area contributed by atoms with Gasteiger partial charge in [0.1, 0.15) is 18.2 Å². The highest BCUT2D eigenvalue weighted by molar-refractivity contribution is 9.10. The van der Waals surface area contributed by atoms with Crippen LogP contribution in [0, 0.1) is 5.82 Å². The second-order valence-corrected chi connectivity index (χ2v) is 11.6. The highest BCUT2D eigenvalue weighted by atomic mass is 79.9. The van der Waals surface area contributed by atoms with Crippen molar-refractivity contribution in [2.24, 2.45) is 4.99 Å². The highest BCUT2D eigenvalue weighted by Crippen LogP contribution is 2.41. The molecule has 4 aromatic rings. The number of carbonyl (C=O) groups is 1. The zero-order valence-electron chi connectivity index (χ0n) is 24.6. The molecule has 0 unspecified atom stereocenters. The number of methoxy groups -OCH3 is 1. The maximum absolute atomic E-state index is 14.2. The van der Waals surface area contributed by atoms with E-state index in [4.69, 9.17) is 18.9 Å². The van der Waals surface area contributed by atoms with Gasteiger partial charge in [0.25, 0.3) is 5.56 Å². The lowest BCUT2D eigenvalue weighted by Gasteiger charge is -2.26. The van der Waals surface area contributed by atoms with Gasteiger partial charge in [-0.2, -0.15) is 0 Å². The number of ether oxygens (including phenoxy) is 4. The Morgan fingerprint density at radius 3 is 2.50 bits per heavy atom. The molecule has 228 valence electrons. The van der Waals surface area contributed by atoms with Crippen LogP contribution in [-0.2, 0) is 16.1 Å². The van der Waals surface area contributed by atoms with Gasteiger partial charge in [0.15, 0.2) is 16.3 Å². The first-order valence-corrected chi connectivity index (χ1v) is 15.5. The van der Waals surface area contributed by atoms with Gasteiger partial charge >= 0.3 is 5.97 Å². The molecule has 5 rings (SSSR count). The molecule has 8 nitrogen and oxygen atoms in total. The van der Waals surface area contributed by atoms with E-state index in [0.29, 0.717) is 54.5 Å². The van der Waals surface area contributed by atoms with E-state index in [-0.39, 0.29) is 30.2 Å². The van der Waals surface area contributed by atoms with Gasteiger partial charge in [-0.3, -0.25) is 9.36 Å². The standard InChI is InChI=1S/C33H30BrFN2O6S/c1-5-41-27-17-24(34)23(16-26(27)40-4)30-29(32(39)42-6-2)19(3)36-33-37(30)31(38)28(44-33)15-21-9-7-8-10-25(21)43-18-20-11-13-22(35)14-12-20/h7-17,30H,5-6,18H2,1-4H3/b28-15+/t30-/m0/s1. The van der Waals surface area contributed by atoms with E-state index < -0.39 is 12.0 Å². The van der Waals surface area contributed by atoms with Crippen LogP contribution in [0.5, 0.6) is 17.2 Å². The Morgan fingerprint density at radius 2 is 1.80 bits per heavy atom. The molecule has 11 heteroatoms.